The van der Waals surface area contributed by atoms with Crippen LogP contribution in [0.15, 0.2) is 41.3 Å². The van der Waals surface area contributed by atoms with E-state index in [2.05, 4.69) is 4.72 Å². The summed E-state index contributed by atoms with van der Waals surface area (Å²) in [7, 11) is -0.697. The molecule has 2 aromatic rings. The zero-order valence-electron chi connectivity index (χ0n) is 13.0. The van der Waals surface area contributed by atoms with Gasteiger partial charge in [-0.15, -0.1) is 0 Å². The lowest BCUT2D eigenvalue weighted by Crippen LogP contribution is -2.14. The zero-order valence-corrected chi connectivity index (χ0v) is 13.8. The van der Waals surface area contributed by atoms with Crippen LogP contribution in [-0.4, -0.2) is 22.6 Å². The summed E-state index contributed by atoms with van der Waals surface area (Å²) in [5, 5.41) is 0. The van der Waals surface area contributed by atoms with E-state index in [0.29, 0.717) is 17.2 Å². The maximum atomic E-state index is 12.5. The number of benzene rings is 2. The SMILES string of the molecule is COc1ccc(OC)c(NS(=O)(=O)c2ccc(C)c(C)c2)c1. The van der Waals surface area contributed by atoms with Crippen LogP contribution in [0, 0.1) is 13.8 Å². The maximum absolute atomic E-state index is 12.5. The number of anilines is 1. The lowest BCUT2D eigenvalue weighted by atomic mass is 10.1. The van der Waals surface area contributed by atoms with Crippen molar-refractivity contribution in [1.82, 2.24) is 0 Å². The van der Waals surface area contributed by atoms with Gasteiger partial charge in [0.15, 0.2) is 0 Å². The number of rotatable bonds is 5. The molecule has 0 aliphatic rings. The molecule has 1 N–H and O–H groups in total. The molecule has 0 fully saturated rings. The average molecular weight is 321 g/mol. The minimum absolute atomic E-state index is 0.209. The minimum atomic E-state index is -3.70. The predicted octanol–water partition coefficient (Wildman–Crippen LogP) is 3.12. The normalized spacial score (nSPS) is 11.1. The van der Waals surface area contributed by atoms with Crippen molar-refractivity contribution in [2.45, 2.75) is 18.7 Å². The van der Waals surface area contributed by atoms with Crippen molar-refractivity contribution in [3.63, 3.8) is 0 Å². The Morgan fingerprint density at radius 1 is 0.909 bits per heavy atom. The van der Waals surface area contributed by atoms with Gasteiger partial charge in [-0.05, 0) is 49.2 Å². The Balaban J connectivity index is 2.41. The second-order valence-corrected chi connectivity index (χ2v) is 6.60. The smallest absolute Gasteiger partial charge is 0.262 e. The summed E-state index contributed by atoms with van der Waals surface area (Å²) < 4.78 is 37.9. The Morgan fingerprint density at radius 2 is 1.64 bits per heavy atom. The number of methoxy groups -OCH3 is 2. The average Bonchev–Trinajstić information content (AvgIpc) is 2.49. The van der Waals surface area contributed by atoms with Crippen LogP contribution in [-0.2, 0) is 10.0 Å². The fraction of sp³-hybridized carbons (Fsp3) is 0.250. The van der Waals surface area contributed by atoms with Crippen molar-refractivity contribution in [1.29, 1.82) is 0 Å². The molecule has 0 aliphatic heterocycles. The first kappa shape index (κ1) is 16.2. The van der Waals surface area contributed by atoms with Crippen molar-refractivity contribution in [3.8, 4) is 11.5 Å². The molecular weight excluding hydrogens is 302 g/mol. The molecule has 0 bridgehead atoms. The summed E-state index contributed by atoms with van der Waals surface area (Å²) in [6.45, 7) is 3.81. The fourth-order valence-electron chi connectivity index (χ4n) is 1.98. The lowest BCUT2D eigenvalue weighted by molar-refractivity contribution is 0.405. The summed E-state index contributed by atoms with van der Waals surface area (Å²) >= 11 is 0. The van der Waals surface area contributed by atoms with Gasteiger partial charge in [-0.1, -0.05) is 6.07 Å². The highest BCUT2D eigenvalue weighted by Crippen LogP contribution is 2.31. The van der Waals surface area contributed by atoms with Gasteiger partial charge in [-0.3, -0.25) is 4.72 Å². The van der Waals surface area contributed by atoms with Crippen molar-refractivity contribution in [2.24, 2.45) is 0 Å². The topological polar surface area (TPSA) is 64.6 Å². The summed E-state index contributed by atoms with van der Waals surface area (Å²) in [5.41, 5.74) is 2.29. The van der Waals surface area contributed by atoms with Crippen molar-refractivity contribution < 1.29 is 17.9 Å². The van der Waals surface area contributed by atoms with Gasteiger partial charge in [0.1, 0.15) is 11.5 Å². The molecule has 0 spiro atoms. The maximum Gasteiger partial charge on any atom is 0.262 e. The predicted molar refractivity (Wildman–Crippen MR) is 86.3 cm³/mol. The van der Waals surface area contributed by atoms with E-state index < -0.39 is 10.0 Å². The van der Waals surface area contributed by atoms with E-state index in [0.717, 1.165) is 11.1 Å². The fourth-order valence-corrected chi connectivity index (χ4v) is 3.12. The summed E-state index contributed by atoms with van der Waals surface area (Å²) in [6, 6.07) is 9.94. The molecule has 0 heterocycles. The van der Waals surface area contributed by atoms with Crippen molar-refractivity contribution in [2.75, 3.05) is 18.9 Å². The molecular formula is C16H19NO4S. The second-order valence-electron chi connectivity index (χ2n) is 4.92. The van der Waals surface area contributed by atoms with E-state index >= 15 is 0 Å². The van der Waals surface area contributed by atoms with Crippen molar-refractivity contribution >= 4 is 15.7 Å². The quantitative estimate of drug-likeness (QED) is 0.919. The van der Waals surface area contributed by atoms with E-state index in [1.54, 1.807) is 36.4 Å². The van der Waals surface area contributed by atoms with Gasteiger partial charge < -0.3 is 9.47 Å². The largest absolute Gasteiger partial charge is 0.497 e. The molecule has 0 atom stereocenters. The van der Waals surface area contributed by atoms with E-state index in [1.807, 2.05) is 13.8 Å². The Kier molecular flexibility index (Phi) is 4.61. The van der Waals surface area contributed by atoms with Crippen LogP contribution in [0.5, 0.6) is 11.5 Å². The Bertz CT molecular complexity index is 785. The van der Waals surface area contributed by atoms with Gasteiger partial charge in [0.05, 0.1) is 24.8 Å². The van der Waals surface area contributed by atoms with E-state index in [1.165, 1.54) is 14.2 Å². The molecule has 0 radical (unpaired) electrons. The van der Waals surface area contributed by atoms with Gasteiger partial charge in [0, 0.05) is 6.07 Å². The first-order valence-electron chi connectivity index (χ1n) is 6.69. The van der Waals surface area contributed by atoms with Gasteiger partial charge in [0.25, 0.3) is 10.0 Å². The first-order chi connectivity index (χ1) is 10.4. The highest BCUT2D eigenvalue weighted by Gasteiger charge is 2.17. The van der Waals surface area contributed by atoms with Gasteiger partial charge in [0.2, 0.25) is 0 Å². The monoisotopic (exact) mass is 321 g/mol. The van der Waals surface area contributed by atoms with Crippen LogP contribution in [0.25, 0.3) is 0 Å². The molecule has 2 rings (SSSR count). The molecule has 0 saturated heterocycles. The van der Waals surface area contributed by atoms with E-state index in [4.69, 9.17) is 9.47 Å². The second kappa shape index (κ2) is 6.27. The Labute approximate surface area is 130 Å². The number of ether oxygens (including phenoxy) is 2. The molecule has 0 aliphatic carbocycles. The molecule has 118 valence electrons. The molecule has 0 saturated carbocycles. The third-order valence-electron chi connectivity index (χ3n) is 3.44. The number of hydrogen-bond donors (Lipinski definition) is 1. The molecule has 2 aromatic carbocycles. The van der Waals surface area contributed by atoms with Gasteiger partial charge in [-0.2, -0.15) is 0 Å². The van der Waals surface area contributed by atoms with Gasteiger partial charge in [-0.25, -0.2) is 8.42 Å². The third kappa shape index (κ3) is 3.33. The van der Waals surface area contributed by atoms with Crippen LogP contribution in [0.3, 0.4) is 0 Å². The highest BCUT2D eigenvalue weighted by molar-refractivity contribution is 7.92. The molecule has 22 heavy (non-hydrogen) atoms. The minimum Gasteiger partial charge on any atom is -0.497 e. The van der Waals surface area contributed by atoms with Gasteiger partial charge >= 0.3 is 0 Å². The molecule has 0 unspecified atom stereocenters. The van der Waals surface area contributed by atoms with Crippen LogP contribution in [0.2, 0.25) is 0 Å². The molecule has 6 heteroatoms. The number of hydrogen-bond acceptors (Lipinski definition) is 4. The summed E-state index contributed by atoms with van der Waals surface area (Å²) in [6.07, 6.45) is 0. The Hall–Kier alpha value is -2.21. The summed E-state index contributed by atoms with van der Waals surface area (Å²) in [4.78, 5) is 0.209. The zero-order chi connectivity index (χ0) is 16.3. The third-order valence-corrected chi connectivity index (χ3v) is 4.80. The summed E-state index contributed by atoms with van der Waals surface area (Å²) in [5.74, 6) is 0.965. The standard InChI is InChI=1S/C16H19NO4S/c1-11-5-7-14(9-12(11)2)22(18,19)17-15-10-13(20-3)6-8-16(15)21-4/h5-10,17H,1-4H3. The van der Waals surface area contributed by atoms with Crippen LogP contribution < -0.4 is 14.2 Å². The number of aryl methyl sites for hydroxylation is 2. The molecule has 5 nitrogen and oxygen atoms in total. The lowest BCUT2D eigenvalue weighted by Gasteiger charge is -2.13. The number of sulfonamides is 1. The molecule has 0 amide bonds. The van der Waals surface area contributed by atoms with Crippen LogP contribution in [0.1, 0.15) is 11.1 Å². The number of nitrogens with one attached hydrogen (secondary N) is 1. The highest BCUT2D eigenvalue weighted by atomic mass is 32.2. The van der Waals surface area contributed by atoms with Crippen LogP contribution >= 0.6 is 0 Å². The molecule has 0 aromatic heterocycles. The van der Waals surface area contributed by atoms with Crippen molar-refractivity contribution in [3.05, 3.63) is 47.5 Å². The van der Waals surface area contributed by atoms with E-state index in [9.17, 15) is 8.42 Å². The van der Waals surface area contributed by atoms with Crippen LogP contribution in [0.4, 0.5) is 5.69 Å². The Morgan fingerprint density at radius 3 is 2.23 bits per heavy atom. The van der Waals surface area contributed by atoms with E-state index in [-0.39, 0.29) is 4.90 Å². The first-order valence-corrected chi connectivity index (χ1v) is 8.18.